The summed E-state index contributed by atoms with van der Waals surface area (Å²) >= 11 is 3.37. The van der Waals surface area contributed by atoms with Crippen LogP contribution < -0.4 is 10.5 Å². The van der Waals surface area contributed by atoms with Crippen LogP contribution in [0.4, 0.5) is 5.69 Å². The van der Waals surface area contributed by atoms with E-state index in [1.165, 1.54) is 12.1 Å². The SMILES string of the molecule is O=C([O-])c1cccc(N/N=C\c2cccc(Br)c2)c1. The van der Waals surface area contributed by atoms with E-state index >= 15 is 0 Å². The van der Waals surface area contributed by atoms with Gasteiger partial charge in [0.05, 0.1) is 17.9 Å². The molecule has 96 valence electrons. The van der Waals surface area contributed by atoms with Gasteiger partial charge in [-0.05, 0) is 35.4 Å². The Hall–Kier alpha value is -2.14. The number of carbonyl (C=O) groups excluding carboxylic acids is 1. The molecule has 0 aliphatic heterocycles. The summed E-state index contributed by atoms with van der Waals surface area (Å²) in [5, 5.41) is 14.7. The fourth-order valence-corrected chi connectivity index (χ4v) is 1.90. The number of halogens is 1. The number of aromatic carboxylic acids is 1. The van der Waals surface area contributed by atoms with E-state index in [-0.39, 0.29) is 5.56 Å². The summed E-state index contributed by atoms with van der Waals surface area (Å²) in [5.41, 5.74) is 4.40. The third-order valence-electron chi connectivity index (χ3n) is 2.35. The van der Waals surface area contributed by atoms with Crippen molar-refractivity contribution in [2.75, 3.05) is 5.43 Å². The molecule has 0 spiro atoms. The molecule has 0 heterocycles. The lowest BCUT2D eigenvalue weighted by molar-refractivity contribution is -0.255. The third-order valence-corrected chi connectivity index (χ3v) is 2.85. The van der Waals surface area contributed by atoms with Gasteiger partial charge in [-0.2, -0.15) is 5.10 Å². The van der Waals surface area contributed by atoms with Crippen LogP contribution in [0.1, 0.15) is 15.9 Å². The standard InChI is InChI=1S/C14H11BrN2O2/c15-12-5-1-3-10(7-12)9-16-17-13-6-2-4-11(8-13)14(18)19/h1-9,17H,(H,18,19)/p-1/b16-9-. The molecule has 19 heavy (non-hydrogen) atoms. The Morgan fingerprint density at radius 3 is 2.74 bits per heavy atom. The summed E-state index contributed by atoms with van der Waals surface area (Å²) in [4.78, 5) is 10.7. The van der Waals surface area contributed by atoms with E-state index < -0.39 is 5.97 Å². The molecule has 0 aliphatic carbocycles. The van der Waals surface area contributed by atoms with E-state index in [0.29, 0.717) is 5.69 Å². The van der Waals surface area contributed by atoms with Crippen LogP contribution in [-0.4, -0.2) is 12.2 Å². The molecule has 0 aromatic heterocycles. The number of hydrogen-bond donors (Lipinski definition) is 1. The van der Waals surface area contributed by atoms with Crippen molar-refractivity contribution in [3.8, 4) is 0 Å². The van der Waals surface area contributed by atoms with Crippen molar-refractivity contribution in [1.82, 2.24) is 0 Å². The second-order valence-electron chi connectivity index (χ2n) is 3.79. The Bertz CT molecular complexity index is 626. The second kappa shape index (κ2) is 6.15. The van der Waals surface area contributed by atoms with Gasteiger partial charge in [0.15, 0.2) is 0 Å². The van der Waals surface area contributed by atoms with Gasteiger partial charge in [-0.25, -0.2) is 0 Å². The highest BCUT2D eigenvalue weighted by atomic mass is 79.9. The minimum atomic E-state index is -1.21. The number of carbonyl (C=O) groups is 1. The predicted octanol–water partition coefficient (Wildman–Crippen LogP) is 2.26. The lowest BCUT2D eigenvalue weighted by atomic mass is 10.2. The number of rotatable bonds is 4. The molecule has 0 saturated heterocycles. The lowest BCUT2D eigenvalue weighted by Crippen LogP contribution is -2.22. The van der Waals surface area contributed by atoms with Crippen molar-refractivity contribution in [1.29, 1.82) is 0 Å². The molecule has 2 aromatic rings. The number of nitrogens with zero attached hydrogens (tertiary/aromatic N) is 1. The highest BCUT2D eigenvalue weighted by Crippen LogP contribution is 2.11. The van der Waals surface area contributed by atoms with E-state index in [0.717, 1.165) is 10.0 Å². The number of anilines is 1. The fourth-order valence-electron chi connectivity index (χ4n) is 1.48. The van der Waals surface area contributed by atoms with Crippen molar-refractivity contribution in [3.63, 3.8) is 0 Å². The molecule has 2 rings (SSSR count). The fraction of sp³-hybridized carbons (Fsp3) is 0. The first-order valence-electron chi connectivity index (χ1n) is 5.51. The van der Waals surface area contributed by atoms with Crippen molar-refractivity contribution in [3.05, 3.63) is 64.1 Å². The molecule has 0 atom stereocenters. The average Bonchev–Trinajstić information content (AvgIpc) is 2.39. The minimum absolute atomic E-state index is 0.114. The zero-order valence-corrected chi connectivity index (χ0v) is 11.4. The molecule has 0 unspecified atom stereocenters. The molecule has 0 saturated carbocycles. The van der Waals surface area contributed by atoms with Gasteiger partial charge in [0, 0.05) is 4.47 Å². The van der Waals surface area contributed by atoms with Gasteiger partial charge >= 0.3 is 0 Å². The summed E-state index contributed by atoms with van der Waals surface area (Å²) in [6, 6.07) is 13.9. The first-order valence-corrected chi connectivity index (χ1v) is 6.30. The highest BCUT2D eigenvalue weighted by Gasteiger charge is 1.95. The van der Waals surface area contributed by atoms with Crippen LogP contribution >= 0.6 is 15.9 Å². The summed E-state index contributed by atoms with van der Waals surface area (Å²) in [5.74, 6) is -1.21. The van der Waals surface area contributed by atoms with Crippen LogP contribution in [0.15, 0.2) is 58.1 Å². The zero-order valence-electron chi connectivity index (χ0n) is 9.84. The van der Waals surface area contributed by atoms with Crippen LogP contribution in [0.5, 0.6) is 0 Å². The maximum atomic E-state index is 10.7. The quantitative estimate of drug-likeness (QED) is 0.695. The number of carboxylic acids is 1. The molecule has 2 aromatic carbocycles. The summed E-state index contributed by atoms with van der Waals surface area (Å²) in [7, 11) is 0. The molecule has 0 fully saturated rings. The summed E-state index contributed by atoms with van der Waals surface area (Å²) < 4.78 is 0.968. The van der Waals surface area contributed by atoms with Crippen LogP contribution in [0.2, 0.25) is 0 Å². The van der Waals surface area contributed by atoms with Gasteiger partial charge in [-0.1, -0.05) is 40.2 Å². The Balaban J connectivity index is 2.06. The minimum Gasteiger partial charge on any atom is -0.545 e. The van der Waals surface area contributed by atoms with E-state index in [9.17, 15) is 9.90 Å². The Morgan fingerprint density at radius 1 is 1.21 bits per heavy atom. The monoisotopic (exact) mass is 317 g/mol. The molecule has 5 heteroatoms. The van der Waals surface area contributed by atoms with Crippen LogP contribution in [0, 0.1) is 0 Å². The predicted molar refractivity (Wildman–Crippen MR) is 76.1 cm³/mol. The van der Waals surface area contributed by atoms with Crippen molar-refractivity contribution >= 4 is 33.8 Å². The van der Waals surface area contributed by atoms with E-state index in [1.54, 1.807) is 18.3 Å². The molecular formula is C14H10BrN2O2-. The smallest absolute Gasteiger partial charge is 0.0716 e. The Kier molecular flexibility index (Phi) is 4.30. The van der Waals surface area contributed by atoms with Gasteiger partial charge in [-0.3, -0.25) is 5.43 Å². The highest BCUT2D eigenvalue weighted by molar-refractivity contribution is 9.10. The lowest BCUT2D eigenvalue weighted by Gasteiger charge is -2.05. The summed E-state index contributed by atoms with van der Waals surface area (Å²) in [6.07, 6.45) is 1.65. The Labute approximate surface area is 118 Å². The van der Waals surface area contributed by atoms with Crippen molar-refractivity contribution in [2.45, 2.75) is 0 Å². The average molecular weight is 318 g/mol. The van der Waals surface area contributed by atoms with Crippen LogP contribution in [-0.2, 0) is 0 Å². The third kappa shape index (κ3) is 3.93. The largest absolute Gasteiger partial charge is 0.545 e. The van der Waals surface area contributed by atoms with Gasteiger partial charge in [0.1, 0.15) is 0 Å². The summed E-state index contributed by atoms with van der Waals surface area (Å²) in [6.45, 7) is 0. The first-order chi connectivity index (χ1) is 9.15. The molecule has 1 N–H and O–H groups in total. The number of nitrogens with one attached hydrogen (secondary N) is 1. The van der Waals surface area contributed by atoms with Gasteiger partial charge in [0.25, 0.3) is 0 Å². The Morgan fingerprint density at radius 2 is 2.00 bits per heavy atom. The second-order valence-corrected chi connectivity index (χ2v) is 4.71. The van der Waals surface area contributed by atoms with Gasteiger partial charge in [0.2, 0.25) is 0 Å². The normalized spacial score (nSPS) is 10.6. The van der Waals surface area contributed by atoms with Crippen molar-refractivity contribution in [2.24, 2.45) is 5.10 Å². The van der Waals surface area contributed by atoms with Crippen LogP contribution in [0.25, 0.3) is 0 Å². The molecule has 0 radical (unpaired) electrons. The molecule has 0 aliphatic rings. The number of benzene rings is 2. The molecule has 0 bridgehead atoms. The zero-order chi connectivity index (χ0) is 13.7. The number of hydrogen-bond acceptors (Lipinski definition) is 4. The van der Waals surface area contributed by atoms with Gasteiger partial charge < -0.3 is 9.90 Å². The van der Waals surface area contributed by atoms with Gasteiger partial charge in [-0.15, -0.1) is 0 Å². The maximum absolute atomic E-state index is 10.7. The van der Waals surface area contributed by atoms with E-state index in [1.807, 2.05) is 24.3 Å². The number of hydrazone groups is 1. The van der Waals surface area contributed by atoms with Crippen LogP contribution in [0.3, 0.4) is 0 Å². The van der Waals surface area contributed by atoms with E-state index in [4.69, 9.17) is 0 Å². The molecule has 0 amide bonds. The van der Waals surface area contributed by atoms with Crippen molar-refractivity contribution < 1.29 is 9.90 Å². The topological polar surface area (TPSA) is 64.5 Å². The van der Waals surface area contributed by atoms with E-state index in [2.05, 4.69) is 26.5 Å². The number of carboxylic acid groups (broad SMARTS) is 1. The first kappa shape index (κ1) is 13.3. The maximum Gasteiger partial charge on any atom is 0.0716 e. The molecular weight excluding hydrogens is 308 g/mol. The molecule has 4 nitrogen and oxygen atoms in total.